The lowest BCUT2D eigenvalue weighted by atomic mass is 9.98. The van der Waals surface area contributed by atoms with Crippen molar-refractivity contribution >= 4 is 11.9 Å². The van der Waals surface area contributed by atoms with Gasteiger partial charge in [0.1, 0.15) is 12.0 Å². The Labute approximate surface area is 200 Å². The number of amides is 1. The molecule has 34 heavy (non-hydrogen) atoms. The number of aliphatic hydroxyl groups is 2. The predicted molar refractivity (Wildman–Crippen MR) is 127 cm³/mol. The van der Waals surface area contributed by atoms with Crippen molar-refractivity contribution in [2.75, 3.05) is 20.5 Å². The number of carbonyl (C=O) groups is 2. The van der Waals surface area contributed by atoms with Crippen LogP contribution >= 0.6 is 0 Å². The Hall–Kier alpha value is -3.36. The highest BCUT2D eigenvalue weighted by atomic mass is 16.7. The molecule has 8 nitrogen and oxygen atoms in total. The SMILES string of the molecule is C/C=C\C=C1\C(CO)C(=O)N(Cc2cccc(C(=O)OC)c2)C1C.C=CC(O)CC1=COCO1. The summed E-state index contributed by atoms with van der Waals surface area (Å²) in [5.41, 5.74) is 2.21. The van der Waals surface area contributed by atoms with Crippen molar-refractivity contribution in [3.05, 3.63) is 83.9 Å². The molecule has 1 fully saturated rings. The third-order valence-corrected chi connectivity index (χ3v) is 5.51. The van der Waals surface area contributed by atoms with Crippen LogP contribution in [0.5, 0.6) is 0 Å². The van der Waals surface area contributed by atoms with Gasteiger partial charge in [0.05, 0.1) is 37.3 Å². The maximum atomic E-state index is 12.6. The van der Waals surface area contributed by atoms with Crippen molar-refractivity contribution in [1.82, 2.24) is 4.90 Å². The number of hydrogen-bond acceptors (Lipinski definition) is 7. The van der Waals surface area contributed by atoms with Crippen molar-refractivity contribution in [3.8, 4) is 0 Å². The number of rotatable bonds is 8. The van der Waals surface area contributed by atoms with Gasteiger partial charge in [-0.25, -0.2) is 4.79 Å². The van der Waals surface area contributed by atoms with E-state index >= 15 is 0 Å². The van der Waals surface area contributed by atoms with Crippen LogP contribution in [0.1, 0.15) is 36.2 Å². The average molecular weight is 472 g/mol. The highest BCUT2D eigenvalue weighted by Crippen LogP contribution is 2.31. The number of likely N-dealkylation sites (tertiary alicyclic amines) is 1. The minimum atomic E-state index is -0.534. The standard InChI is InChI=1S/C19H23NO4.C7H10O3/c1-4-5-9-16-13(2)20(18(22)17(16)12-21)11-14-7-6-8-15(10-14)19(23)24-3;1-2-6(8)3-7-4-9-5-10-7/h4-10,13,17,21H,11-12H2,1-3H3;2,4,6,8H,1,3,5H2/b5-4-,16-9+;. The summed E-state index contributed by atoms with van der Waals surface area (Å²) in [4.78, 5) is 26.0. The summed E-state index contributed by atoms with van der Waals surface area (Å²) in [5.74, 6) is -0.323. The molecule has 3 rings (SSSR count). The van der Waals surface area contributed by atoms with E-state index < -0.39 is 18.0 Å². The maximum Gasteiger partial charge on any atom is 0.337 e. The molecule has 0 radical (unpaired) electrons. The summed E-state index contributed by atoms with van der Waals surface area (Å²) in [7, 11) is 1.34. The number of carbonyl (C=O) groups excluding carboxylic acids is 2. The Balaban J connectivity index is 0.000000340. The Bertz CT molecular complexity index is 950. The third kappa shape index (κ3) is 7.07. The summed E-state index contributed by atoms with van der Waals surface area (Å²) in [6.45, 7) is 7.73. The molecule has 0 spiro atoms. The van der Waals surface area contributed by atoms with E-state index in [9.17, 15) is 14.7 Å². The highest BCUT2D eigenvalue weighted by molar-refractivity contribution is 5.89. The van der Waals surface area contributed by atoms with Crippen molar-refractivity contribution in [2.24, 2.45) is 5.92 Å². The molecule has 0 aromatic heterocycles. The van der Waals surface area contributed by atoms with E-state index in [0.29, 0.717) is 24.3 Å². The largest absolute Gasteiger partial charge is 0.465 e. The van der Waals surface area contributed by atoms with Crippen LogP contribution in [0.25, 0.3) is 0 Å². The highest BCUT2D eigenvalue weighted by Gasteiger charge is 2.40. The molecule has 2 aliphatic rings. The zero-order valence-corrected chi connectivity index (χ0v) is 19.8. The van der Waals surface area contributed by atoms with Crippen LogP contribution < -0.4 is 0 Å². The number of esters is 1. The molecule has 8 heteroatoms. The van der Waals surface area contributed by atoms with Crippen molar-refractivity contribution in [1.29, 1.82) is 0 Å². The quantitative estimate of drug-likeness (QED) is 0.443. The number of hydrogen-bond donors (Lipinski definition) is 2. The van der Waals surface area contributed by atoms with Gasteiger partial charge in [0.15, 0.2) is 0 Å². The minimum Gasteiger partial charge on any atom is -0.465 e. The van der Waals surface area contributed by atoms with Crippen LogP contribution in [0, 0.1) is 5.92 Å². The summed E-state index contributed by atoms with van der Waals surface area (Å²) in [6.07, 6.45) is 8.55. The fraction of sp³-hybridized carbons (Fsp3) is 0.385. The molecule has 0 aliphatic carbocycles. The molecule has 0 saturated carbocycles. The zero-order chi connectivity index (χ0) is 25.1. The van der Waals surface area contributed by atoms with Crippen LogP contribution in [0.15, 0.2) is 72.7 Å². The van der Waals surface area contributed by atoms with Gasteiger partial charge in [-0.05, 0) is 37.1 Å². The first-order valence-corrected chi connectivity index (χ1v) is 11.0. The number of methoxy groups -OCH3 is 1. The van der Waals surface area contributed by atoms with Gasteiger partial charge in [-0.15, -0.1) is 6.58 Å². The Morgan fingerprint density at radius 1 is 1.41 bits per heavy atom. The molecule has 1 amide bonds. The molecule has 2 heterocycles. The Kier molecular flexibility index (Phi) is 10.6. The first kappa shape index (κ1) is 26.9. The van der Waals surface area contributed by atoms with Gasteiger partial charge in [0, 0.05) is 13.0 Å². The van der Waals surface area contributed by atoms with E-state index in [1.807, 2.05) is 38.1 Å². The van der Waals surface area contributed by atoms with Gasteiger partial charge in [0.25, 0.3) is 0 Å². The summed E-state index contributed by atoms with van der Waals surface area (Å²) in [6, 6.07) is 6.94. The zero-order valence-electron chi connectivity index (χ0n) is 19.8. The second-order valence-electron chi connectivity index (χ2n) is 7.78. The lowest BCUT2D eigenvalue weighted by Crippen LogP contribution is -2.32. The average Bonchev–Trinajstić information content (AvgIpc) is 3.44. The molecular formula is C26H33NO7. The smallest absolute Gasteiger partial charge is 0.337 e. The fourth-order valence-corrected chi connectivity index (χ4v) is 3.64. The van der Waals surface area contributed by atoms with E-state index in [4.69, 9.17) is 19.3 Å². The first-order chi connectivity index (χ1) is 16.4. The molecule has 2 N–H and O–H groups in total. The molecule has 3 atom stereocenters. The number of aliphatic hydroxyl groups excluding tert-OH is 2. The number of benzene rings is 1. The monoisotopic (exact) mass is 471 g/mol. The van der Waals surface area contributed by atoms with Crippen LogP contribution in [0.4, 0.5) is 0 Å². The third-order valence-electron chi connectivity index (χ3n) is 5.51. The molecule has 1 saturated heterocycles. The summed E-state index contributed by atoms with van der Waals surface area (Å²) < 4.78 is 14.5. The van der Waals surface area contributed by atoms with Crippen LogP contribution in [-0.2, 0) is 25.5 Å². The molecule has 3 unspecified atom stereocenters. The number of allylic oxidation sites excluding steroid dienone is 3. The van der Waals surface area contributed by atoms with Gasteiger partial charge in [-0.1, -0.05) is 36.4 Å². The van der Waals surface area contributed by atoms with Gasteiger partial charge in [0.2, 0.25) is 12.7 Å². The van der Waals surface area contributed by atoms with Crippen molar-refractivity contribution < 1.29 is 34.0 Å². The fourth-order valence-electron chi connectivity index (χ4n) is 3.64. The van der Waals surface area contributed by atoms with Gasteiger partial charge >= 0.3 is 5.97 Å². The van der Waals surface area contributed by atoms with E-state index in [-0.39, 0.29) is 25.3 Å². The Morgan fingerprint density at radius 2 is 2.18 bits per heavy atom. The molecule has 1 aromatic carbocycles. The van der Waals surface area contributed by atoms with Gasteiger partial charge in [-0.3, -0.25) is 4.79 Å². The molecule has 0 bridgehead atoms. The molecular weight excluding hydrogens is 438 g/mol. The van der Waals surface area contributed by atoms with Crippen LogP contribution in [-0.4, -0.2) is 59.6 Å². The van der Waals surface area contributed by atoms with E-state index in [1.54, 1.807) is 23.1 Å². The number of nitrogens with zero attached hydrogens (tertiary/aromatic N) is 1. The Morgan fingerprint density at radius 3 is 2.76 bits per heavy atom. The van der Waals surface area contributed by atoms with E-state index in [0.717, 1.165) is 11.1 Å². The van der Waals surface area contributed by atoms with Crippen LogP contribution in [0.3, 0.4) is 0 Å². The van der Waals surface area contributed by atoms with Crippen molar-refractivity contribution in [3.63, 3.8) is 0 Å². The van der Waals surface area contributed by atoms with E-state index in [2.05, 4.69) is 6.58 Å². The van der Waals surface area contributed by atoms with Gasteiger partial charge in [-0.2, -0.15) is 0 Å². The summed E-state index contributed by atoms with van der Waals surface area (Å²) in [5, 5.41) is 18.6. The second kappa shape index (κ2) is 13.4. The lowest BCUT2D eigenvalue weighted by Gasteiger charge is -2.22. The topological polar surface area (TPSA) is 106 Å². The molecule has 1 aromatic rings. The predicted octanol–water partition coefficient (Wildman–Crippen LogP) is 3.08. The van der Waals surface area contributed by atoms with E-state index in [1.165, 1.54) is 19.4 Å². The lowest BCUT2D eigenvalue weighted by molar-refractivity contribution is -0.133. The van der Waals surface area contributed by atoms with Gasteiger partial charge < -0.3 is 29.3 Å². The number of ether oxygens (including phenoxy) is 3. The normalized spacial score (nSPS) is 21.4. The minimum absolute atomic E-state index is 0.0933. The van der Waals surface area contributed by atoms with Crippen LogP contribution in [0.2, 0.25) is 0 Å². The second-order valence-corrected chi connectivity index (χ2v) is 7.78. The maximum absolute atomic E-state index is 12.6. The van der Waals surface area contributed by atoms with Crippen molar-refractivity contribution in [2.45, 2.75) is 39.0 Å². The molecule has 184 valence electrons. The molecule has 2 aliphatic heterocycles. The first-order valence-electron chi connectivity index (χ1n) is 11.0. The summed E-state index contributed by atoms with van der Waals surface area (Å²) >= 11 is 0.